The van der Waals surface area contributed by atoms with E-state index < -0.39 is 0 Å². The van der Waals surface area contributed by atoms with Crippen LogP contribution in [0, 0.1) is 0 Å². The second-order valence-electron chi connectivity index (χ2n) is 6.26. The molecule has 2 heteroatoms. The van der Waals surface area contributed by atoms with E-state index in [1.54, 1.807) is 0 Å². The molecule has 100 valence electrons. The number of methoxy groups -OCH3 is 1. The van der Waals surface area contributed by atoms with Crippen LogP contribution in [0.1, 0.15) is 39.2 Å². The van der Waals surface area contributed by atoms with Crippen molar-refractivity contribution in [3.8, 4) is 0 Å². The van der Waals surface area contributed by atoms with Crippen LogP contribution in [-0.2, 0) is 10.3 Å². The minimum atomic E-state index is 0.0499. The van der Waals surface area contributed by atoms with E-state index in [0.29, 0.717) is 0 Å². The number of nitrogens with zero attached hydrogens (tertiary/aromatic N) is 1. The van der Waals surface area contributed by atoms with Crippen LogP contribution in [0.2, 0.25) is 0 Å². The molecule has 1 aromatic rings. The lowest BCUT2D eigenvalue weighted by Crippen LogP contribution is -2.53. The number of hydrogen-bond acceptors (Lipinski definition) is 2. The van der Waals surface area contributed by atoms with Gasteiger partial charge in [-0.05, 0) is 45.7 Å². The molecular weight excluding hydrogens is 222 g/mol. The molecule has 1 atom stereocenters. The van der Waals surface area contributed by atoms with Gasteiger partial charge in [-0.1, -0.05) is 30.3 Å². The molecule has 0 amide bonds. The molecule has 0 aliphatic carbocycles. The topological polar surface area (TPSA) is 12.5 Å². The molecule has 0 spiro atoms. The molecule has 0 radical (unpaired) electrons. The molecule has 18 heavy (non-hydrogen) atoms. The molecule has 1 fully saturated rings. The molecule has 0 N–H and O–H groups in total. The van der Waals surface area contributed by atoms with Crippen LogP contribution in [-0.4, -0.2) is 30.7 Å². The number of ether oxygens (including phenoxy) is 1. The third kappa shape index (κ3) is 2.32. The Bertz CT molecular complexity index is 382. The average molecular weight is 247 g/mol. The number of likely N-dealkylation sites (tertiary alicyclic amines) is 1. The lowest BCUT2D eigenvalue weighted by atomic mass is 9.85. The smallest absolute Gasteiger partial charge is 0.0701 e. The molecule has 0 saturated carbocycles. The van der Waals surface area contributed by atoms with E-state index in [4.69, 9.17) is 4.74 Å². The first-order chi connectivity index (χ1) is 8.50. The summed E-state index contributed by atoms with van der Waals surface area (Å²) in [5.74, 6) is 0. The van der Waals surface area contributed by atoms with Gasteiger partial charge < -0.3 is 4.74 Å². The van der Waals surface area contributed by atoms with Crippen molar-refractivity contribution in [3.63, 3.8) is 0 Å². The number of hydrogen-bond donors (Lipinski definition) is 0. The summed E-state index contributed by atoms with van der Waals surface area (Å²) >= 11 is 0. The SMILES string of the molecule is COCC1(c2ccccc2)CCCN1C(C)(C)C. The summed E-state index contributed by atoms with van der Waals surface area (Å²) in [4.78, 5) is 2.61. The Kier molecular flexibility index (Phi) is 3.79. The zero-order valence-corrected chi connectivity index (χ0v) is 12.1. The quantitative estimate of drug-likeness (QED) is 0.811. The van der Waals surface area contributed by atoms with Crippen LogP contribution < -0.4 is 0 Å². The Hall–Kier alpha value is -0.860. The summed E-state index contributed by atoms with van der Waals surface area (Å²) in [5, 5.41) is 0. The van der Waals surface area contributed by atoms with E-state index >= 15 is 0 Å². The van der Waals surface area contributed by atoms with Gasteiger partial charge in [0, 0.05) is 12.6 Å². The molecule has 1 unspecified atom stereocenters. The molecule has 0 aromatic heterocycles. The van der Waals surface area contributed by atoms with E-state index in [2.05, 4.69) is 56.0 Å². The van der Waals surface area contributed by atoms with E-state index in [1.807, 2.05) is 7.11 Å². The monoisotopic (exact) mass is 247 g/mol. The van der Waals surface area contributed by atoms with Gasteiger partial charge in [-0.2, -0.15) is 0 Å². The second-order valence-corrected chi connectivity index (χ2v) is 6.26. The van der Waals surface area contributed by atoms with Crippen molar-refractivity contribution >= 4 is 0 Å². The Balaban J connectivity index is 2.43. The van der Waals surface area contributed by atoms with Crippen LogP contribution in [0.4, 0.5) is 0 Å². The maximum atomic E-state index is 5.57. The van der Waals surface area contributed by atoms with E-state index in [1.165, 1.54) is 18.4 Å². The average Bonchev–Trinajstić information content (AvgIpc) is 2.76. The third-order valence-electron chi connectivity index (χ3n) is 3.99. The lowest BCUT2D eigenvalue weighted by Gasteiger charge is -2.46. The summed E-state index contributed by atoms with van der Waals surface area (Å²) in [6, 6.07) is 10.8. The van der Waals surface area contributed by atoms with Gasteiger partial charge in [-0.15, -0.1) is 0 Å². The second kappa shape index (κ2) is 5.02. The highest BCUT2D eigenvalue weighted by molar-refractivity contribution is 5.27. The minimum absolute atomic E-state index is 0.0499. The molecular formula is C16H25NO. The van der Waals surface area contributed by atoms with Gasteiger partial charge in [0.2, 0.25) is 0 Å². The highest BCUT2D eigenvalue weighted by Gasteiger charge is 2.46. The molecule has 2 rings (SSSR count). The molecule has 1 aromatic carbocycles. The largest absolute Gasteiger partial charge is 0.382 e. The third-order valence-corrected chi connectivity index (χ3v) is 3.99. The summed E-state index contributed by atoms with van der Waals surface area (Å²) in [7, 11) is 1.81. The van der Waals surface area contributed by atoms with Gasteiger partial charge in [0.1, 0.15) is 0 Å². The summed E-state index contributed by atoms with van der Waals surface area (Å²) in [6.45, 7) is 8.82. The van der Waals surface area contributed by atoms with Crippen molar-refractivity contribution in [1.82, 2.24) is 4.90 Å². The van der Waals surface area contributed by atoms with Crippen LogP contribution in [0.15, 0.2) is 30.3 Å². The van der Waals surface area contributed by atoms with Crippen molar-refractivity contribution in [1.29, 1.82) is 0 Å². The van der Waals surface area contributed by atoms with Gasteiger partial charge in [0.15, 0.2) is 0 Å². The fourth-order valence-corrected chi connectivity index (χ4v) is 3.38. The highest BCUT2D eigenvalue weighted by atomic mass is 16.5. The first-order valence-corrected chi connectivity index (χ1v) is 6.83. The number of rotatable bonds is 3. The zero-order chi connectivity index (χ0) is 13.2. The van der Waals surface area contributed by atoms with E-state index in [9.17, 15) is 0 Å². The predicted molar refractivity (Wildman–Crippen MR) is 75.7 cm³/mol. The molecule has 1 saturated heterocycles. The molecule has 1 heterocycles. The standard InChI is InChI=1S/C16H25NO/c1-15(2,3)17-12-8-11-16(17,13-18-4)14-9-6-5-7-10-14/h5-7,9-10H,8,11-13H2,1-4H3. The van der Waals surface area contributed by atoms with E-state index in [-0.39, 0.29) is 11.1 Å². The Morgan fingerprint density at radius 1 is 1.22 bits per heavy atom. The minimum Gasteiger partial charge on any atom is -0.382 e. The van der Waals surface area contributed by atoms with Crippen molar-refractivity contribution in [2.45, 2.75) is 44.7 Å². The summed E-state index contributed by atoms with van der Waals surface area (Å²) < 4.78 is 5.57. The fourth-order valence-electron chi connectivity index (χ4n) is 3.38. The van der Waals surface area contributed by atoms with Crippen LogP contribution >= 0.6 is 0 Å². The first-order valence-electron chi connectivity index (χ1n) is 6.83. The summed E-state index contributed by atoms with van der Waals surface area (Å²) in [5.41, 5.74) is 1.61. The van der Waals surface area contributed by atoms with Gasteiger partial charge in [-0.3, -0.25) is 4.90 Å². The van der Waals surface area contributed by atoms with Crippen molar-refractivity contribution < 1.29 is 4.74 Å². The highest BCUT2D eigenvalue weighted by Crippen LogP contribution is 2.43. The van der Waals surface area contributed by atoms with E-state index in [0.717, 1.165) is 13.2 Å². The Labute approximate surface area is 111 Å². The van der Waals surface area contributed by atoms with Crippen LogP contribution in [0.25, 0.3) is 0 Å². The summed E-state index contributed by atoms with van der Waals surface area (Å²) in [6.07, 6.45) is 2.43. The Morgan fingerprint density at radius 2 is 1.89 bits per heavy atom. The fraction of sp³-hybridized carbons (Fsp3) is 0.625. The molecule has 1 aliphatic rings. The maximum absolute atomic E-state index is 5.57. The molecule has 1 aliphatic heterocycles. The van der Waals surface area contributed by atoms with Crippen LogP contribution in [0.3, 0.4) is 0 Å². The zero-order valence-electron chi connectivity index (χ0n) is 12.1. The molecule has 2 nitrogen and oxygen atoms in total. The maximum Gasteiger partial charge on any atom is 0.0701 e. The van der Waals surface area contributed by atoms with Crippen molar-refractivity contribution in [3.05, 3.63) is 35.9 Å². The van der Waals surface area contributed by atoms with Gasteiger partial charge in [-0.25, -0.2) is 0 Å². The molecule has 0 bridgehead atoms. The first kappa shape index (κ1) is 13.6. The lowest BCUT2D eigenvalue weighted by molar-refractivity contribution is -0.0163. The Morgan fingerprint density at radius 3 is 2.44 bits per heavy atom. The number of benzene rings is 1. The van der Waals surface area contributed by atoms with Gasteiger partial charge >= 0.3 is 0 Å². The van der Waals surface area contributed by atoms with Gasteiger partial charge in [0.05, 0.1) is 12.1 Å². The van der Waals surface area contributed by atoms with Gasteiger partial charge in [0.25, 0.3) is 0 Å². The van der Waals surface area contributed by atoms with Crippen LogP contribution in [0.5, 0.6) is 0 Å². The predicted octanol–water partition coefficient (Wildman–Crippen LogP) is 3.42. The van der Waals surface area contributed by atoms with Crippen molar-refractivity contribution in [2.75, 3.05) is 20.3 Å². The van der Waals surface area contributed by atoms with Crippen molar-refractivity contribution in [2.24, 2.45) is 0 Å². The normalized spacial score (nSPS) is 25.6.